The van der Waals surface area contributed by atoms with Gasteiger partial charge in [0, 0.05) is 18.1 Å². The van der Waals surface area contributed by atoms with Crippen LogP contribution in [0.5, 0.6) is 0 Å². The lowest BCUT2D eigenvalue weighted by molar-refractivity contribution is -0.164. The Hall–Kier alpha value is -2.44. The molecule has 1 heterocycles. The van der Waals surface area contributed by atoms with Crippen molar-refractivity contribution in [2.75, 3.05) is 7.11 Å². The van der Waals surface area contributed by atoms with Gasteiger partial charge in [-0.25, -0.2) is 9.78 Å². The van der Waals surface area contributed by atoms with Crippen LogP contribution < -0.4 is 0 Å². The van der Waals surface area contributed by atoms with Crippen LogP contribution >= 0.6 is 11.6 Å². The fourth-order valence-electron chi connectivity index (χ4n) is 3.11. The summed E-state index contributed by atoms with van der Waals surface area (Å²) in [6.45, 7) is 12.5. The van der Waals surface area contributed by atoms with Gasteiger partial charge in [-0.05, 0) is 64.3 Å². The maximum atomic E-state index is 12.6. The highest BCUT2D eigenvalue weighted by Gasteiger charge is 2.34. The predicted octanol–water partition coefficient (Wildman–Crippen LogP) is 5.42. The number of benzene rings is 1. The van der Waals surface area contributed by atoms with Gasteiger partial charge in [-0.2, -0.15) is 0 Å². The number of rotatable bonds is 6. The van der Waals surface area contributed by atoms with Crippen molar-refractivity contribution in [3.63, 3.8) is 0 Å². The van der Waals surface area contributed by atoms with Crippen molar-refractivity contribution in [2.24, 2.45) is 0 Å². The number of ether oxygens (including phenoxy) is 3. The summed E-state index contributed by atoms with van der Waals surface area (Å²) >= 11 is 6.80. The van der Waals surface area contributed by atoms with Crippen molar-refractivity contribution < 1.29 is 23.8 Å². The van der Waals surface area contributed by atoms with Crippen molar-refractivity contribution in [1.82, 2.24) is 4.98 Å². The van der Waals surface area contributed by atoms with E-state index in [4.69, 9.17) is 30.8 Å². The highest BCUT2D eigenvalue weighted by molar-refractivity contribution is 6.32. The summed E-state index contributed by atoms with van der Waals surface area (Å²) in [5.41, 5.74) is 4.52. The molecule has 0 aliphatic heterocycles. The number of methoxy groups -OCH3 is 1. The first-order valence-corrected chi connectivity index (χ1v) is 10.4. The van der Waals surface area contributed by atoms with Crippen molar-refractivity contribution in [3.8, 4) is 11.3 Å². The number of halogens is 1. The molecule has 0 N–H and O–H groups in total. The van der Waals surface area contributed by atoms with Gasteiger partial charge in [0.25, 0.3) is 0 Å². The largest absolute Gasteiger partial charge is 0.467 e. The number of carbonyl (C=O) groups excluding carboxylic acids is 2. The van der Waals surface area contributed by atoms with Crippen LogP contribution in [0.2, 0.25) is 5.02 Å². The summed E-state index contributed by atoms with van der Waals surface area (Å²) in [7, 11) is 1.28. The molecule has 0 aliphatic carbocycles. The van der Waals surface area contributed by atoms with Crippen molar-refractivity contribution >= 4 is 23.5 Å². The fraction of sp³-hybridized carbons (Fsp3) is 0.458. The molecule has 0 bridgehead atoms. The van der Waals surface area contributed by atoms with Gasteiger partial charge in [0.1, 0.15) is 6.61 Å². The van der Waals surface area contributed by atoms with E-state index < -0.39 is 23.6 Å². The maximum absolute atomic E-state index is 12.6. The lowest BCUT2D eigenvalue weighted by atomic mass is 9.97. The molecule has 7 heteroatoms. The van der Waals surface area contributed by atoms with E-state index in [9.17, 15) is 9.59 Å². The first kappa shape index (κ1) is 24.8. The van der Waals surface area contributed by atoms with E-state index in [-0.39, 0.29) is 6.61 Å². The molecule has 0 fully saturated rings. The van der Waals surface area contributed by atoms with Gasteiger partial charge < -0.3 is 14.2 Å². The second kappa shape index (κ2) is 9.79. The monoisotopic (exact) mass is 447 g/mol. The van der Waals surface area contributed by atoms with Crippen LogP contribution in [0.15, 0.2) is 18.2 Å². The number of aryl methyl sites for hydroxylation is 2. The minimum atomic E-state index is -1.12. The molecule has 0 radical (unpaired) electrons. The summed E-state index contributed by atoms with van der Waals surface area (Å²) in [6.07, 6.45) is -1.12. The normalized spacial score (nSPS) is 12.4. The Labute approximate surface area is 188 Å². The molecular weight excluding hydrogens is 418 g/mol. The Balaban J connectivity index is 2.76. The zero-order valence-corrected chi connectivity index (χ0v) is 20.1. The standard InChI is InChI=1S/C24H30ClNO5/c1-13-9-10-17(11-14(13)2)21-15(3)20(25)19(18(26-21)12-30-16(4)27)22(23(28)29-8)31-24(5,6)7/h9-11,22H,12H2,1-8H3/t22-/m0/s1. The number of esters is 2. The Morgan fingerprint density at radius 3 is 2.29 bits per heavy atom. The molecule has 0 aliphatic rings. The van der Waals surface area contributed by atoms with E-state index in [1.54, 1.807) is 0 Å². The second-order valence-corrected chi connectivity index (χ2v) is 8.85. The van der Waals surface area contributed by atoms with Gasteiger partial charge in [0.05, 0.1) is 29.1 Å². The molecule has 0 spiro atoms. The van der Waals surface area contributed by atoms with Crippen molar-refractivity contribution in [2.45, 2.75) is 66.8 Å². The van der Waals surface area contributed by atoms with Gasteiger partial charge >= 0.3 is 11.9 Å². The van der Waals surface area contributed by atoms with Crippen LogP contribution in [0, 0.1) is 20.8 Å². The van der Waals surface area contributed by atoms with Gasteiger partial charge in [-0.3, -0.25) is 4.79 Å². The van der Waals surface area contributed by atoms with Crippen LogP contribution in [-0.4, -0.2) is 29.6 Å². The number of pyridine rings is 1. The molecule has 1 aromatic carbocycles. The van der Waals surface area contributed by atoms with E-state index >= 15 is 0 Å². The predicted molar refractivity (Wildman–Crippen MR) is 120 cm³/mol. The molecule has 0 saturated heterocycles. The lowest BCUT2D eigenvalue weighted by Crippen LogP contribution is -2.29. The van der Waals surface area contributed by atoms with Crippen molar-refractivity contribution in [3.05, 3.63) is 51.2 Å². The van der Waals surface area contributed by atoms with Gasteiger partial charge in [-0.15, -0.1) is 0 Å². The SMILES string of the molecule is COC(=O)[C@@H](OC(C)(C)C)c1c(COC(C)=O)nc(-c2ccc(C)c(C)c2)c(C)c1Cl. The molecule has 2 rings (SSSR count). The van der Waals surface area contributed by atoms with E-state index in [1.807, 2.05) is 59.7 Å². The zero-order valence-electron chi connectivity index (χ0n) is 19.4. The summed E-state index contributed by atoms with van der Waals surface area (Å²) in [6, 6.07) is 6.01. The lowest BCUT2D eigenvalue weighted by Gasteiger charge is -2.28. The van der Waals surface area contributed by atoms with Crippen LogP contribution in [0.1, 0.15) is 61.7 Å². The molecular formula is C24H30ClNO5. The van der Waals surface area contributed by atoms with E-state index in [0.29, 0.717) is 27.5 Å². The van der Waals surface area contributed by atoms with Crippen LogP contribution in [0.3, 0.4) is 0 Å². The smallest absolute Gasteiger partial charge is 0.339 e. The Morgan fingerprint density at radius 2 is 1.77 bits per heavy atom. The van der Waals surface area contributed by atoms with Gasteiger partial charge in [0.15, 0.2) is 6.10 Å². The Kier molecular flexibility index (Phi) is 7.84. The molecule has 0 unspecified atom stereocenters. The first-order chi connectivity index (χ1) is 14.4. The summed E-state index contributed by atoms with van der Waals surface area (Å²) in [4.78, 5) is 28.9. The molecule has 6 nitrogen and oxygen atoms in total. The highest BCUT2D eigenvalue weighted by atomic mass is 35.5. The topological polar surface area (TPSA) is 74.7 Å². The van der Waals surface area contributed by atoms with E-state index in [1.165, 1.54) is 14.0 Å². The average molecular weight is 448 g/mol. The van der Waals surface area contributed by atoms with Crippen molar-refractivity contribution in [1.29, 1.82) is 0 Å². The molecule has 1 aromatic heterocycles. The molecule has 168 valence electrons. The second-order valence-electron chi connectivity index (χ2n) is 8.47. The van der Waals surface area contributed by atoms with Crippen LogP contribution in [0.4, 0.5) is 0 Å². The third-order valence-corrected chi connectivity index (χ3v) is 5.31. The molecule has 0 saturated carbocycles. The Bertz CT molecular complexity index is 994. The molecule has 1 atom stereocenters. The average Bonchev–Trinajstić information content (AvgIpc) is 2.68. The fourth-order valence-corrected chi connectivity index (χ4v) is 3.41. The zero-order chi connectivity index (χ0) is 23.5. The van der Waals surface area contributed by atoms with Crippen LogP contribution in [-0.2, 0) is 30.4 Å². The number of hydrogen-bond acceptors (Lipinski definition) is 6. The van der Waals surface area contributed by atoms with E-state index in [2.05, 4.69) is 0 Å². The van der Waals surface area contributed by atoms with E-state index in [0.717, 1.165) is 16.7 Å². The third-order valence-electron chi connectivity index (χ3n) is 4.82. The molecule has 2 aromatic rings. The summed E-state index contributed by atoms with van der Waals surface area (Å²) in [5, 5.41) is 0.324. The first-order valence-electron chi connectivity index (χ1n) is 10.0. The summed E-state index contributed by atoms with van der Waals surface area (Å²) < 4.78 is 16.2. The minimum Gasteiger partial charge on any atom is -0.467 e. The Morgan fingerprint density at radius 1 is 1.13 bits per heavy atom. The number of carbonyl (C=O) groups is 2. The maximum Gasteiger partial charge on any atom is 0.339 e. The molecule has 0 amide bonds. The van der Waals surface area contributed by atoms with Gasteiger partial charge in [0.2, 0.25) is 0 Å². The summed E-state index contributed by atoms with van der Waals surface area (Å²) in [5.74, 6) is -1.08. The van der Waals surface area contributed by atoms with Crippen LogP contribution in [0.25, 0.3) is 11.3 Å². The number of nitrogens with zero attached hydrogens (tertiary/aromatic N) is 1. The molecule has 31 heavy (non-hydrogen) atoms. The third kappa shape index (κ3) is 6.05. The van der Waals surface area contributed by atoms with Gasteiger partial charge in [-0.1, -0.05) is 23.7 Å². The number of hydrogen-bond donors (Lipinski definition) is 0. The number of aromatic nitrogens is 1. The highest BCUT2D eigenvalue weighted by Crippen LogP contribution is 2.38. The minimum absolute atomic E-state index is 0.149. The quantitative estimate of drug-likeness (QED) is 0.550.